The topological polar surface area (TPSA) is 15.3 Å². The highest BCUT2D eigenvalue weighted by Gasteiger charge is 2.24. The number of nitrogens with zero attached hydrogens (tertiary/aromatic N) is 1. The number of benzene rings is 1. The molecular weight excluding hydrogens is 220 g/mol. The molecule has 2 aliphatic heterocycles. The van der Waals surface area contributed by atoms with Gasteiger partial charge in [-0.15, -0.1) is 0 Å². The minimum atomic E-state index is 0.906. The Morgan fingerprint density at radius 1 is 1.00 bits per heavy atom. The molecular formula is C16H24N2. The molecule has 2 heterocycles. The first-order valence-electron chi connectivity index (χ1n) is 7.37. The fraction of sp³-hybridized carbons (Fsp3) is 0.625. The summed E-state index contributed by atoms with van der Waals surface area (Å²) in [6.07, 6.45) is 4.05. The Morgan fingerprint density at radius 3 is 2.33 bits per heavy atom. The number of rotatable bonds is 4. The fourth-order valence-corrected chi connectivity index (χ4v) is 3.16. The zero-order valence-electron chi connectivity index (χ0n) is 11.1. The lowest BCUT2D eigenvalue weighted by Gasteiger charge is -2.37. The minimum Gasteiger partial charge on any atom is -0.316 e. The second-order valence-corrected chi connectivity index (χ2v) is 5.96. The Hall–Kier alpha value is -0.860. The van der Waals surface area contributed by atoms with E-state index >= 15 is 0 Å². The standard InChI is InChI=1S/C16H24N2/c1-2-4-14(5-3-1)10-15-6-8-18(9-7-15)13-16-11-17-12-16/h1-5,15-17H,6-13H2. The van der Waals surface area contributed by atoms with Gasteiger partial charge in [-0.2, -0.15) is 0 Å². The van der Waals surface area contributed by atoms with Crippen LogP contribution >= 0.6 is 0 Å². The number of piperidine rings is 1. The maximum Gasteiger partial charge on any atom is 0.00340 e. The highest BCUT2D eigenvalue weighted by atomic mass is 15.1. The minimum absolute atomic E-state index is 0.906. The van der Waals surface area contributed by atoms with Gasteiger partial charge in [0.05, 0.1) is 0 Å². The van der Waals surface area contributed by atoms with Crippen molar-refractivity contribution in [3.63, 3.8) is 0 Å². The van der Waals surface area contributed by atoms with Gasteiger partial charge in [-0.05, 0) is 49.8 Å². The molecule has 2 fully saturated rings. The van der Waals surface area contributed by atoms with E-state index in [9.17, 15) is 0 Å². The lowest BCUT2D eigenvalue weighted by Crippen LogP contribution is -2.49. The van der Waals surface area contributed by atoms with Crippen LogP contribution in [0.5, 0.6) is 0 Å². The average molecular weight is 244 g/mol. The van der Waals surface area contributed by atoms with Gasteiger partial charge in [0, 0.05) is 19.6 Å². The van der Waals surface area contributed by atoms with Crippen LogP contribution < -0.4 is 5.32 Å². The van der Waals surface area contributed by atoms with E-state index in [1.165, 1.54) is 57.5 Å². The largest absolute Gasteiger partial charge is 0.316 e. The lowest BCUT2D eigenvalue weighted by molar-refractivity contribution is 0.141. The molecule has 18 heavy (non-hydrogen) atoms. The normalized spacial score (nSPS) is 22.9. The molecule has 2 nitrogen and oxygen atoms in total. The second kappa shape index (κ2) is 5.85. The molecule has 98 valence electrons. The number of hydrogen-bond acceptors (Lipinski definition) is 2. The van der Waals surface area contributed by atoms with Crippen LogP contribution in [0.15, 0.2) is 30.3 Å². The molecule has 1 aromatic carbocycles. The summed E-state index contributed by atoms with van der Waals surface area (Å²) in [4.78, 5) is 2.67. The third kappa shape index (κ3) is 3.12. The average Bonchev–Trinajstić information content (AvgIpc) is 2.37. The molecule has 1 aromatic rings. The summed E-state index contributed by atoms with van der Waals surface area (Å²) in [7, 11) is 0. The van der Waals surface area contributed by atoms with Gasteiger partial charge in [-0.25, -0.2) is 0 Å². The molecule has 0 aromatic heterocycles. The predicted molar refractivity (Wildman–Crippen MR) is 75.7 cm³/mol. The van der Waals surface area contributed by atoms with Crippen molar-refractivity contribution >= 4 is 0 Å². The summed E-state index contributed by atoms with van der Waals surface area (Å²) in [5.41, 5.74) is 1.51. The molecule has 0 unspecified atom stereocenters. The lowest BCUT2D eigenvalue weighted by atomic mass is 9.89. The van der Waals surface area contributed by atoms with Crippen LogP contribution in [0.25, 0.3) is 0 Å². The third-order valence-electron chi connectivity index (χ3n) is 4.46. The summed E-state index contributed by atoms with van der Waals surface area (Å²) in [5, 5.41) is 3.37. The Morgan fingerprint density at radius 2 is 1.72 bits per heavy atom. The van der Waals surface area contributed by atoms with Gasteiger partial charge in [0.25, 0.3) is 0 Å². The van der Waals surface area contributed by atoms with Gasteiger partial charge in [0.2, 0.25) is 0 Å². The van der Waals surface area contributed by atoms with Gasteiger partial charge >= 0.3 is 0 Å². The van der Waals surface area contributed by atoms with E-state index in [1.54, 1.807) is 0 Å². The zero-order chi connectivity index (χ0) is 12.2. The molecule has 3 rings (SSSR count). The molecule has 0 saturated carbocycles. The van der Waals surface area contributed by atoms with Crippen molar-refractivity contribution in [3.05, 3.63) is 35.9 Å². The summed E-state index contributed by atoms with van der Waals surface area (Å²) in [6, 6.07) is 11.0. The van der Waals surface area contributed by atoms with Crippen molar-refractivity contribution in [2.75, 3.05) is 32.7 Å². The van der Waals surface area contributed by atoms with Crippen LogP contribution in [0.3, 0.4) is 0 Å². The van der Waals surface area contributed by atoms with Crippen LogP contribution in [0.1, 0.15) is 18.4 Å². The number of nitrogens with one attached hydrogen (secondary N) is 1. The molecule has 0 atom stereocenters. The van der Waals surface area contributed by atoms with Crippen molar-refractivity contribution in [3.8, 4) is 0 Å². The molecule has 2 saturated heterocycles. The first kappa shape index (κ1) is 12.2. The zero-order valence-corrected chi connectivity index (χ0v) is 11.1. The van der Waals surface area contributed by atoms with Crippen molar-refractivity contribution in [2.45, 2.75) is 19.3 Å². The van der Waals surface area contributed by atoms with E-state index in [1.807, 2.05) is 0 Å². The monoisotopic (exact) mass is 244 g/mol. The molecule has 0 amide bonds. The third-order valence-corrected chi connectivity index (χ3v) is 4.46. The van der Waals surface area contributed by atoms with E-state index in [4.69, 9.17) is 0 Å². The molecule has 0 radical (unpaired) electrons. The van der Waals surface area contributed by atoms with Crippen LogP contribution in [-0.4, -0.2) is 37.6 Å². The van der Waals surface area contributed by atoms with Crippen molar-refractivity contribution in [1.29, 1.82) is 0 Å². The second-order valence-electron chi connectivity index (χ2n) is 5.96. The maximum atomic E-state index is 3.37. The predicted octanol–water partition coefficient (Wildman–Crippen LogP) is 2.16. The molecule has 2 heteroatoms. The molecule has 0 spiro atoms. The summed E-state index contributed by atoms with van der Waals surface area (Å²) in [5.74, 6) is 1.83. The number of likely N-dealkylation sites (tertiary alicyclic amines) is 1. The Kier molecular flexibility index (Phi) is 3.96. The van der Waals surface area contributed by atoms with E-state index in [0.29, 0.717) is 0 Å². The smallest absolute Gasteiger partial charge is 0.00340 e. The van der Waals surface area contributed by atoms with E-state index < -0.39 is 0 Å². The fourth-order valence-electron chi connectivity index (χ4n) is 3.16. The Labute approximate surface area is 110 Å². The van der Waals surface area contributed by atoms with Gasteiger partial charge in [0.1, 0.15) is 0 Å². The van der Waals surface area contributed by atoms with Crippen molar-refractivity contribution < 1.29 is 0 Å². The van der Waals surface area contributed by atoms with E-state index in [2.05, 4.69) is 40.5 Å². The van der Waals surface area contributed by atoms with Crippen LogP contribution in [-0.2, 0) is 6.42 Å². The Bertz CT molecular complexity index is 351. The molecule has 2 aliphatic rings. The van der Waals surface area contributed by atoms with Crippen LogP contribution in [0, 0.1) is 11.8 Å². The van der Waals surface area contributed by atoms with Crippen molar-refractivity contribution in [2.24, 2.45) is 11.8 Å². The first-order valence-corrected chi connectivity index (χ1v) is 7.37. The summed E-state index contributed by atoms with van der Waals surface area (Å²) >= 11 is 0. The van der Waals surface area contributed by atoms with Gasteiger partial charge < -0.3 is 10.2 Å². The molecule has 0 bridgehead atoms. The quantitative estimate of drug-likeness (QED) is 0.873. The maximum absolute atomic E-state index is 3.37. The highest BCUT2D eigenvalue weighted by Crippen LogP contribution is 2.22. The van der Waals surface area contributed by atoms with Gasteiger partial charge in [-0.3, -0.25) is 0 Å². The molecule has 0 aliphatic carbocycles. The van der Waals surface area contributed by atoms with Crippen molar-refractivity contribution in [1.82, 2.24) is 10.2 Å². The molecule has 1 N–H and O–H groups in total. The highest BCUT2D eigenvalue weighted by molar-refractivity contribution is 5.15. The van der Waals surface area contributed by atoms with Gasteiger partial charge in [0.15, 0.2) is 0 Å². The van der Waals surface area contributed by atoms with Crippen LogP contribution in [0.2, 0.25) is 0 Å². The van der Waals surface area contributed by atoms with E-state index in [-0.39, 0.29) is 0 Å². The van der Waals surface area contributed by atoms with E-state index in [0.717, 1.165) is 11.8 Å². The SMILES string of the molecule is c1ccc(CC2CCN(CC3CNC3)CC2)cc1. The van der Waals surface area contributed by atoms with Gasteiger partial charge in [-0.1, -0.05) is 30.3 Å². The number of hydrogen-bond donors (Lipinski definition) is 1. The summed E-state index contributed by atoms with van der Waals surface area (Å²) in [6.45, 7) is 6.43. The summed E-state index contributed by atoms with van der Waals surface area (Å²) < 4.78 is 0. The van der Waals surface area contributed by atoms with Crippen LogP contribution in [0.4, 0.5) is 0 Å². The first-order chi connectivity index (χ1) is 8.90. The Balaban J connectivity index is 1.42.